The van der Waals surface area contributed by atoms with Gasteiger partial charge in [0, 0.05) is 7.11 Å². The van der Waals surface area contributed by atoms with Crippen LogP contribution in [-0.2, 0) is 32.2 Å². The molecule has 0 unspecified atom stereocenters. The Balaban J connectivity index is 1.49. The van der Waals surface area contributed by atoms with E-state index in [1.165, 1.54) is 12.5 Å². The van der Waals surface area contributed by atoms with Crippen molar-refractivity contribution in [3.63, 3.8) is 0 Å². The van der Waals surface area contributed by atoms with Crippen LogP contribution in [0.4, 0.5) is 0 Å². The van der Waals surface area contributed by atoms with Gasteiger partial charge >= 0.3 is 0 Å². The molecule has 1 aliphatic heterocycles. The Bertz CT molecular complexity index is 944. The van der Waals surface area contributed by atoms with E-state index in [1.807, 2.05) is 55.5 Å². The third kappa shape index (κ3) is 4.72. The molecule has 5 heteroatoms. The summed E-state index contributed by atoms with van der Waals surface area (Å²) < 4.78 is 23.5. The summed E-state index contributed by atoms with van der Waals surface area (Å²) >= 11 is 0. The first-order valence-electron chi connectivity index (χ1n) is 10.3. The van der Waals surface area contributed by atoms with Gasteiger partial charge in [0.2, 0.25) is 0 Å². The number of aliphatic hydroxyl groups is 1. The predicted octanol–water partition coefficient (Wildman–Crippen LogP) is 4.06. The van der Waals surface area contributed by atoms with Crippen molar-refractivity contribution in [2.75, 3.05) is 7.11 Å². The summed E-state index contributed by atoms with van der Waals surface area (Å²) in [6, 6.07) is 24.4. The quantitative estimate of drug-likeness (QED) is 0.639. The first-order chi connectivity index (χ1) is 14.7. The normalized spacial score (nSPS) is 26.7. The molecule has 158 valence electrons. The Kier molecular flexibility index (Phi) is 6.77. The summed E-state index contributed by atoms with van der Waals surface area (Å²) in [6.45, 7) is 2.69. The van der Waals surface area contributed by atoms with Crippen LogP contribution in [0, 0.1) is 0 Å². The molecule has 0 saturated carbocycles. The van der Waals surface area contributed by atoms with Crippen LogP contribution in [0.3, 0.4) is 0 Å². The molecule has 5 nitrogen and oxygen atoms in total. The number of methoxy groups -OCH3 is 1. The number of hydrogen-bond acceptors (Lipinski definition) is 5. The lowest BCUT2D eigenvalue weighted by Crippen LogP contribution is -2.58. The highest BCUT2D eigenvalue weighted by molar-refractivity contribution is 5.82. The molecule has 0 amide bonds. The molecule has 4 rings (SSSR count). The van der Waals surface area contributed by atoms with Gasteiger partial charge in [0.15, 0.2) is 6.29 Å². The van der Waals surface area contributed by atoms with Crippen molar-refractivity contribution >= 4 is 10.8 Å². The molecule has 0 spiro atoms. The van der Waals surface area contributed by atoms with Gasteiger partial charge in [-0.25, -0.2) is 0 Å². The van der Waals surface area contributed by atoms with Crippen LogP contribution in [0.15, 0.2) is 72.8 Å². The SMILES string of the molecule is CO[C@@H]1O[C@@H](C)[C@H](OCc2ccccc2)[C@@H](OCc2ccc3ccccc3c2)[C@H]1O. The number of ether oxygens (including phenoxy) is 4. The van der Waals surface area contributed by atoms with Gasteiger partial charge in [0.1, 0.15) is 18.3 Å². The molecule has 3 aromatic rings. The Morgan fingerprint density at radius 2 is 1.47 bits per heavy atom. The van der Waals surface area contributed by atoms with Crippen LogP contribution in [-0.4, -0.2) is 42.9 Å². The maximum atomic E-state index is 10.8. The third-order valence-corrected chi connectivity index (χ3v) is 5.52. The fraction of sp³-hybridized carbons (Fsp3) is 0.360. The van der Waals surface area contributed by atoms with Crippen LogP contribution in [0.1, 0.15) is 18.1 Å². The average Bonchev–Trinajstić information content (AvgIpc) is 2.79. The van der Waals surface area contributed by atoms with E-state index in [-0.39, 0.29) is 6.10 Å². The lowest BCUT2D eigenvalue weighted by molar-refractivity contribution is -0.303. The van der Waals surface area contributed by atoms with Gasteiger partial charge in [0.05, 0.1) is 19.3 Å². The van der Waals surface area contributed by atoms with E-state index in [1.54, 1.807) is 0 Å². The molecule has 1 saturated heterocycles. The van der Waals surface area contributed by atoms with E-state index >= 15 is 0 Å². The minimum atomic E-state index is -0.951. The Morgan fingerprint density at radius 3 is 2.23 bits per heavy atom. The molecule has 0 radical (unpaired) electrons. The van der Waals surface area contributed by atoms with Gasteiger partial charge in [-0.3, -0.25) is 0 Å². The van der Waals surface area contributed by atoms with Crippen molar-refractivity contribution in [1.29, 1.82) is 0 Å². The van der Waals surface area contributed by atoms with Gasteiger partial charge in [0.25, 0.3) is 0 Å². The molecule has 1 aliphatic rings. The van der Waals surface area contributed by atoms with Crippen LogP contribution in [0.25, 0.3) is 10.8 Å². The monoisotopic (exact) mass is 408 g/mol. The number of fused-ring (bicyclic) bond motifs is 1. The summed E-state index contributed by atoms with van der Waals surface area (Å²) in [7, 11) is 1.52. The largest absolute Gasteiger partial charge is 0.385 e. The molecule has 0 bridgehead atoms. The number of aliphatic hydroxyl groups excluding tert-OH is 1. The predicted molar refractivity (Wildman–Crippen MR) is 115 cm³/mol. The van der Waals surface area contributed by atoms with E-state index in [0.717, 1.165) is 16.5 Å². The lowest BCUT2D eigenvalue weighted by atomic mass is 9.99. The van der Waals surface area contributed by atoms with E-state index in [9.17, 15) is 5.11 Å². The van der Waals surface area contributed by atoms with Gasteiger partial charge in [-0.15, -0.1) is 0 Å². The Hall–Kier alpha value is -2.28. The van der Waals surface area contributed by atoms with Crippen molar-refractivity contribution in [2.45, 2.75) is 50.8 Å². The van der Waals surface area contributed by atoms with Crippen molar-refractivity contribution in [3.05, 3.63) is 83.9 Å². The fourth-order valence-electron chi connectivity index (χ4n) is 3.89. The second-order valence-electron chi connectivity index (χ2n) is 7.65. The fourth-order valence-corrected chi connectivity index (χ4v) is 3.89. The van der Waals surface area contributed by atoms with E-state index in [2.05, 4.69) is 24.3 Å². The van der Waals surface area contributed by atoms with Crippen molar-refractivity contribution in [1.82, 2.24) is 0 Å². The van der Waals surface area contributed by atoms with Gasteiger partial charge in [-0.05, 0) is 34.9 Å². The van der Waals surface area contributed by atoms with Crippen molar-refractivity contribution in [2.24, 2.45) is 0 Å². The molecule has 0 aliphatic carbocycles. The first-order valence-corrected chi connectivity index (χ1v) is 10.3. The molecule has 1 heterocycles. The summed E-state index contributed by atoms with van der Waals surface area (Å²) in [5.41, 5.74) is 2.09. The van der Waals surface area contributed by atoms with Crippen LogP contribution >= 0.6 is 0 Å². The number of hydrogen-bond donors (Lipinski definition) is 1. The first kappa shape index (κ1) is 21.0. The summed E-state index contributed by atoms with van der Waals surface area (Å²) in [4.78, 5) is 0. The third-order valence-electron chi connectivity index (χ3n) is 5.52. The topological polar surface area (TPSA) is 57.2 Å². The standard InChI is InChI=1S/C25H28O5/c1-17-23(28-15-18-8-4-3-5-9-18)24(22(26)25(27-2)30-17)29-16-19-12-13-20-10-6-7-11-21(20)14-19/h3-14,17,22-26H,15-16H2,1-2H3/t17-,22+,23-,24-,25+/m0/s1. The molecular formula is C25H28O5. The molecule has 0 aromatic heterocycles. The summed E-state index contributed by atoms with van der Waals surface area (Å²) in [5.74, 6) is 0. The van der Waals surface area contributed by atoms with E-state index < -0.39 is 24.6 Å². The molecule has 3 aromatic carbocycles. The molecular weight excluding hydrogens is 380 g/mol. The molecule has 1 fully saturated rings. The molecule has 30 heavy (non-hydrogen) atoms. The number of rotatable bonds is 7. The summed E-state index contributed by atoms with van der Waals surface area (Å²) in [6.07, 6.45) is -2.99. The van der Waals surface area contributed by atoms with Crippen molar-refractivity contribution in [3.8, 4) is 0 Å². The maximum absolute atomic E-state index is 10.8. The van der Waals surface area contributed by atoms with Crippen LogP contribution in [0.5, 0.6) is 0 Å². The minimum absolute atomic E-state index is 0.288. The zero-order chi connectivity index (χ0) is 20.9. The highest BCUT2D eigenvalue weighted by Crippen LogP contribution is 2.28. The molecule has 5 atom stereocenters. The second kappa shape index (κ2) is 9.69. The zero-order valence-electron chi connectivity index (χ0n) is 17.3. The van der Waals surface area contributed by atoms with E-state index in [4.69, 9.17) is 18.9 Å². The van der Waals surface area contributed by atoms with Crippen LogP contribution < -0.4 is 0 Å². The number of benzene rings is 3. The smallest absolute Gasteiger partial charge is 0.186 e. The average molecular weight is 408 g/mol. The van der Waals surface area contributed by atoms with E-state index in [0.29, 0.717) is 13.2 Å². The Morgan fingerprint density at radius 1 is 0.800 bits per heavy atom. The highest BCUT2D eigenvalue weighted by atomic mass is 16.7. The Labute approximate surface area is 177 Å². The van der Waals surface area contributed by atoms with Gasteiger partial charge in [-0.2, -0.15) is 0 Å². The minimum Gasteiger partial charge on any atom is -0.385 e. The van der Waals surface area contributed by atoms with Crippen LogP contribution in [0.2, 0.25) is 0 Å². The lowest BCUT2D eigenvalue weighted by Gasteiger charge is -2.42. The van der Waals surface area contributed by atoms with Crippen molar-refractivity contribution < 1.29 is 24.1 Å². The zero-order valence-corrected chi connectivity index (χ0v) is 17.3. The highest BCUT2D eigenvalue weighted by Gasteiger charge is 2.45. The second-order valence-corrected chi connectivity index (χ2v) is 7.65. The van der Waals surface area contributed by atoms with Gasteiger partial charge in [-0.1, -0.05) is 66.7 Å². The molecule has 1 N–H and O–H groups in total. The summed E-state index contributed by atoms with van der Waals surface area (Å²) in [5, 5.41) is 13.2. The van der Waals surface area contributed by atoms with Gasteiger partial charge < -0.3 is 24.1 Å². The maximum Gasteiger partial charge on any atom is 0.186 e.